The van der Waals surface area contributed by atoms with E-state index in [-0.39, 0.29) is 107 Å². The van der Waals surface area contributed by atoms with Crippen LogP contribution in [0.1, 0.15) is 270 Å². The number of nitrogens with zero attached hydrogens (tertiary/aromatic N) is 5. The fourth-order valence-electron chi connectivity index (χ4n) is 13.6. The Bertz CT molecular complexity index is 5630. The van der Waals surface area contributed by atoms with E-state index >= 15 is 0 Å². The zero-order chi connectivity index (χ0) is 108. The van der Waals surface area contributed by atoms with Crippen molar-refractivity contribution in [1.29, 1.82) is 0 Å². The van der Waals surface area contributed by atoms with Gasteiger partial charge in [-0.15, -0.1) is 60.4 Å². The van der Waals surface area contributed by atoms with Gasteiger partial charge in [0.1, 0.15) is 52.0 Å². The number of aryl methyl sites for hydroxylation is 4. The van der Waals surface area contributed by atoms with Crippen LogP contribution in [0.4, 0.5) is 17.6 Å². The molecule has 10 nitrogen and oxygen atoms in total. The van der Waals surface area contributed by atoms with Crippen LogP contribution in [0.2, 0.25) is 0 Å². The summed E-state index contributed by atoms with van der Waals surface area (Å²) in [6.07, 6.45) is 0.742. The number of para-hydroxylation sites is 1. The van der Waals surface area contributed by atoms with Gasteiger partial charge in [0.15, 0.2) is 0 Å². The molecule has 0 bridgehead atoms. The van der Waals surface area contributed by atoms with Crippen LogP contribution in [0.25, 0.3) is 26.6 Å². The van der Waals surface area contributed by atoms with Gasteiger partial charge in [-0.05, 0) is 193 Å². The molecule has 0 spiro atoms. The number of halogens is 9. The molecule has 11 rings (SSSR count). The van der Waals surface area contributed by atoms with E-state index in [1.54, 1.807) is 30.3 Å². The van der Waals surface area contributed by atoms with Crippen LogP contribution in [0.5, 0.6) is 28.7 Å². The number of benzene rings is 11. The normalized spacial score (nSPS) is 12.0. The van der Waals surface area contributed by atoms with Gasteiger partial charge in [-0.2, -0.15) is 0 Å². The predicted molar refractivity (Wildman–Crippen MR) is 597 cm³/mol. The van der Waals surface area contributed by atoms with E-state index in [4.69, 9.17) is 5.32 Å². The molecule has 758 valence electrons. The summed E-state index contributed by atoms with van der Waals surface area (Å²) in [5.41, 5.74) is 14.2. The maximum atomic E-state index is 13.9. The monoisotopic (exact) mass is 2290 g/mol. The first-order chi connectivity index (χ1) is 65.4. The molecule has 0 aromatic heterocycles. The van der Waals surface area contributed by atoms with Crippen LogP contribution in [-0.4, -0.2) is 53.2 Å². The number of phenols is 5. The molecule has 0 radical (unpaired) electrons. The summed E-state index contributed by atoms with van der Waals surface area (Å²) >= 11 is 7.36. The van der Waals surface area contributed by atoms with E-state index in [1.165, 1.54) is 149 Å². The molecule has 0 aliphatic heterocycles. The first kappa shape index (κ1) is 134. The first-order valence-electron chi connectivity index (χ1n) is 46.0. The van der Waals surface area contributed by atoms with Crippen LogP contribution in [0.15, 0.2) is 194 Å². The van der Waals surface area contributed by atoms with Gasteiger partial charge in [-0.1, -0.05) is 379 Å². The second-order valence-electron chi connectivity index (χ2n) is 43.2. The molecule has 5 atom stereocenters. The Morgan fingerprint density at radius 1 is 0.241 bits per heavy atom. The third-order valence-corrected chi connectivity index (χ3v) is 28.1. The fourth-order valence-corrected chi connectivity index (χ4v) is 20.1. The van der Waals surface area contributed by atoms with Gasteiger partial charge in [0.2, 0.25) is 0 Å². The molecule has 0 heterocycles. The molecule has 0 aliphatic carbocycles. The van der Waals surface area contributed by atoms with Crippen molar-refractivity contribution in [3.8, 4) is 28.7 Å². The summed E-state index contributed by atoms with van der Waals surface area (Å²) < 4.78 is 55.1. The molecule has 11 aromatic rings. The zero-order valence-corrected chi connectivity index (χ0v) is 105. The Balaban J connectivity index is 0.000000583. The second kappa shape index (κ2) is 62.8. The Kier molecular flexibility index (Phi) is 59.8. The van der Waals surface area contributed by atoms with Gasteiger partial charge in [0.25, 0.3) is 0 Å². The van der Waals surface area contributed by atoms with Gasteiger partial charge in [-0.3, -0.25) is 0 Å². The molecule has 141 heavy (non-hydrogen) atoms. The molecule has 5 N–H and O–H groups in total. The van der Waals surface area contributed by atoms with Crippen LogP contribution in [-0.2, 0) is 158 Å². The predicted octanol–water partition coefficient (Wildman–Crippen LogP) is 30.5. The molecule has 29 heteroatoms. The summed E-state index contributed by atoms with van der Waals surface area (Å²) in [6.45, 7) is 67.0. The topological polar surface area (TPSA) is 172 Å². The van der Waals surface area contributed by atoms with Crippen molar-refractivity contribution in [2.24, 2.45) is 0 Å². The van der Waals surface area contributed by atoms with Crippen LogP contribution < -0.4 is 53.0 Å². The quantitative estimate of drug-likeness (QED) is 0.0258. The minimum absolute atomic E-state index is 0.00485. The minimum atomic E-state index is -0.249. The number of hydrogen-bond acceptors (Lipinski definition) is 5. The number of phenolic OH excluding ortho intramolecular Hbond substituents is 5. The van der Waals surface area contributed by atoms with Crippen molar-refractivity contribution in [2.75, 3.05) is 0 Å². The summed E-state index contributed by atoms with van der Waals surface area (Å²) in [5, 5.41) is 86.9. The second-order valence-corrected chi connectivity index (χ2v) is 49.8. The summed E-state index contributed by atoms with van der Waals surface area (Å²) in [5.74, 6) is 0.793. The molecule has 0 amide bonds. The standard InChI is InChI=1S/C25H36FNOP.C24H27NOP.2C22H30FNOP.C19H24FNOP.5ClH.5Ti/c1-23(2,3)17-13-19(24(4,5)6)22(28)21(14-17)29-20-11-10-18(26)12-16(20)15-27-25(7,8)9;1-24(2,3)25-17-20-12-7-8-14-21(20)27-22-15-9-13-19(23(22)26)16-18-10-5-4-6-11-18;1-14-10-16(21(2,3)4)12-19(20(14)25)26-18-9-8-17(23)11-15(18)13-24-22(5,6)7;1-14-10-17(21(2,3)4)20(25)19(11-14)26-18-9-8-16(23)12-15(18)13-24-22(5,6)7;1-12-8-13(2)18(22)17(9-12)23-16-7-6-15(20)10-14(16)11-21-19(3,4)5;;;;;;;;;;/h10-14,28-29H,15H2,1-9H3;4-15,26-27H,16-17H2,1-3H3;2*8-12,25-26H,13H2,1-7H3;6-10,22-23H,11H2,1-5H3;5*1H;;;;;/q5*-1;;;;;;5*+2/p-5. The average molecular weight is 2290 g/mol. The number of rotatable bonds is 22. The Morgan fingerprint density at radius 2 is 0.504 bits per heavy atom. The van der Waals surface area contributed by atoms with Crippen molar-refractivity contribution in [2.45, 2.75) is 303 Å². The van der Waals surface area contributed by atoms with E-state index in [9.17, 15) is 43.1 Å². The van der Waals surface area contributed by atoms with E-state index in [0.717, 1.165) is 115 Å². The van der Waals surface area contributed by atoms with Crippen LogP contribution in [0, 0.1) is 51.0 Å². The van der Waals surface area contributed by atoms with Crippen LogP contribution in [0.3, 0.4) is 0 Å². The van der Waals surface area contributed by atoms with E-state index < -0.39 is 0 Å². The van der Waals surface area contributed by atoms with Gasteiger partial charge in [0, 0.05) is 44.1 Å². The first-order valence-corrected chi connectivity index (χ1v) is 61.8. The third kappa shape index (κ3) is 49.8. The van der Waals surface area contributed by atoms with Crippen molar-refractivity contribution in [3.05, 3.63) is 327 Å². The molecule has 0 saturated carbocycles. The van der Waals surface area contributed by atoms with Crippen molar-refractivity contribution in [3.63, 3.8) is 0 Å². The number of hydrogen-bond donors (Lipinski definition) is 5. The summed E-state index contributed by atoms with van der Waals surface area (Å²) in [4.78, 5) is 0. The van der Waals surface area contributed by atoms with Gasteiger partial charge in [0.05, 0.1) is 0 Å². The molecule has 0 aliphatic rings. The van der Waals surface area contributed by atoms with Crippen molar-refractivity contribution >= 4 is 142 Å². The molecule has 11 aromatic carbocycles. The SMILES string of the molecule is CC(C)(C)[N-]Cc1cc(F)ccc1Pc1cc(C(C)(C)C)cc(C(C)(C)C)c1O.CC(C)(C)[N-]Cc1ccccc1Pc1cccc(Cc2ccccc2)c1O.Cc1cc(C(C)(C)C)cc(Pc2ccc(F)cc2C[N-]C(C)(C)C)c1O.Cc1cc(C)c(O)c(Pc2ccc(F)cc2C[N-]C(C)(C)C)c1.Cc1cc(Pc2ccc(F)cc2C[N-]C(C)(C)C)c(O)c(C(C)(C)C)c1.[Cl][Ti+].[Cl][Ti+].[Cl][Ti+].[Cl][Ti+].[Cl][Ti+]. The summed E-state index contributed by atoms with van der Waals surface area (Å²) in [7, 11) is 24.6. The molecule has 5 unspecified atom stereocenters. The van der Waals surface area contributed by atoms with Crippen molar-refractivity contribution < 1.29 is 140 Å². The van der Waals surface area contributed by atoms with Crippen molar-refractivity contribution in [1.82, 2.24) is 0 Å². The van der Waals surface area contributed by atoms with Crippen LogP contribution >= 0.6 is 89.4 Å². The van der Waals surface area contributed by atoms with Gasteiger partial charge < -0.3 is 52.1 Å². The Hall–Kier alpha value is -2.89. The fraction of sp³-hybridized carbons (Fsp3) is 0.411. The third-order valence-electron chi connectivity index (χ3n) is 21.1. The maximum absolute atomic E-state index is 13.9. The number of aromatic hydroxyl groups is 5. The average Bonchev–Trinajstić information content (AvgIpc) is 0.768. The van der Waals surface area contributed by atoms with E-state index in [2.05, 4.69) is 226 Å². The Morgan fingerprint density at radius 3 is 0.844 bits per heavy atom. The molecule has 0 saturated heterocycles. The molecule has 0 fully saturated rings. The zero-order valence-electron chi connectivity index (χ0n) is 88.1. The van der Waals surface area contributed by atoms with Gasteiger partial charge >= 0.3 is 143 Å². The molecular weight excluding hydrogens is 2140 g/mol. The van der Waals surface area contributed by atoms with E-state index in [1.807, 2.05) is 196 Å². The van der Waals surface area contributed by atoms with E-state index in [0.29, 0.717) is 70.1 Å². The Labute approximate surface area is 931 Å². The summed E-state index contributed by atoms with van der Waals surface area (Å²) in [6, 6.07) is 60.6. The van der Waals surface area contributed by atoms with Gasteiger partial charge in [-0.25, -0.2) is 17.6 Å². The molecular formula is C112H147Cl5F4N5O5P5Ti5.